The van der Waals surface area contributed by atoms with Crippen molar-refractivity contribution in [3.63, 3.8) is 0 Å². The van der Waals surface area contributed by atoms with Crippen molar-refractivity contribution in [3.8, 4) is 0 Å². The van der Waals surface area contributed by atoms with Gasteiger partial charge in [-0.25, -0.2) is 8.42 Å². The standard InChI is InChI=1S/C12H16ClNO4S/c1-8-4-5-10(6-11(8)13)14(19(3,17)18)7-9(2)12(15)16/h4-6,9H,7H2,1-3H3,(H,15,16). The van der Waals surface area contributed by atoms with Gasteiger partial charge in [-0.2, -0.15) is 0 Å². The second-order valence-electron chi connectivity index (χ2n) is 4.47. The molecule has 106 valence electrons. The number of halogens is 1. The van der Waals surface area contributed by atoms with Crippen LogP contribution in [0, 0.1) is 12.8 Å². The van der Waals surface area contributed by atoms with Crippen LogP contribution in [0.2, 0.25) is 5.02 Å². The first-order chi connectivity index (χ1) is 8.62. The van der Waals surface area contributed by atoms with Crippen LogP contribution in [0.5, 0.6) is 0 Å². The van der Waals surface area contributed by atoms with Gasteiger partial charge in [-0.1, -0.05) is 24.6 Å². The zero-order valence-corrected chi connectivity index (χ0v) is 12.5. The highest BCUT2D eigenvalue weighted by Crippen LogP contribution is 2.25. The molecule has 1 N–H and O–H groups in total. The Balaban J connectivity index is 3.18. The van der Waals surface area contributed by atoms with Crippen molar-refractivity contribution >= 4 is 33.3 Å². The van der Waals surface area contributed by atoms with Crippen molar-refractivity contribution < 1.29 is 18.3 Å². The van der Waals surface area contributed by atoms with Gasteiger partial charge in [-0.15, -0.1) is 0 Å². The van der Waals surface area contributed by atoms with Crippen LogP contribution in [-0.2, 0) is 14.8 Å². The molecule has 7 heteroatoms. The summed E-state index contributed by atoms with van der Waals surface area (Å²) in [5.41, 5.74) is 1.19. The topological polar surface area (TPSA) is 74.7 Å². The number of benzene rings is 1. The number of rotatable bonds is 5. The smallest absolute Gasteiger partial charge is 0.308 e. The maximum Gasteiger partial charge on any atom is 0.308 e. The zero-order valence-electron chi connectivity index (χ0n) is 10.9. The summed E-state index contributed by atoms with van der Waals surface area (Å²) in [6.07, 6.45) is 1.04. The molecule has 0 aliphatic rings. The van der Waals surface area contributed by atoms with Crippen LogP contribution < -0.4 is 4.31 Å². The fourth-order valence-electron chi connectivity index (χ4n) is 1.50. The molecule has 0 spiro atoms. The molecular formula is C12H16ClNO4S. The highest BCUT2D eigenvalue weighted by Gasteiger charge is 2.23. The maximum absolute atomic E-state index is 11.8. The fraction of sp³-hybridized carbons (Fsp3) is 0.417. The average molecular weight is 306 g/mol. The van der Waals surface area contributed by atoms with Gasteiger partial charge in [0.25, 0.3) is 0 Å². The molecule has 0 aliphatic carbocycles. The Labute approximate surface area is 117 Å². The van der Waals surface area contributed by atoms with E-state index in [4.69, 9.17) is 16.7 Å². The number of nitrogens with zero attached hydrogens (tertiary/aromatic N) is 1. The molecule has 0 heterocycles. The van der Waals surface area contributed by atoms with Gasteiger partial charge >= 0.3 is 5.97 Å². The van der Waals surface area contributed by atoms with Gasteiger partial charge in [-0.05, 0) is 24.6 Å². The Kier molecular flexibility index (Phi) is 4.81. The van der Waals surface area contributed by atoms with Crippen molar-refractivity contribution in [1.82, 2.24) is 0 Å². The molecular weight excluding hydrogens is 290 g/mol. The molecule has 0 saturated carbocycles. The zero-order chi connectivity index (χ0) is 14.8. The summed E-state index contributed by atoms with van der Waals surface area (Å²) in [4.78, 5) is 10.9. The van der Waals surface area contributed by atoms with Crippen LogP contribution in [0.3, 0.4) is 0 Å². The van der Waals surface area contributed by atoms with Crippen LogP contribution >= 0.6 is 11.6 Å². The van der Waals surface area contributed by atoms with Gasteiger partial charge in [0.15, 0.2) is 0 Å². The van der Waals surface area contributed by atoms with Crippen LogP contribution in [0.1, 0.15) is 12.5 Å². The van der Waals surface area contributed by atoms with Crippen LogP contribution in [-0.4, -0.2) is 32.3 Å². The third-order valence-corrected chi connectivity index (χ3v) is 4.27. The number of anilines is 1. The number of sulfonamides is 1. The van der Waals surface area contributed by atoms with Gasteiger partial charge in [0.2, 0.25) is 10.0 Å². The van der Waals surface area contributed by atoms with Crippen LogP contribution in [0.15, 0.2) is 18.2 Å². The van der Waals surface area contributed by atoms with E-state index in [-0.39, 0.29) is 6.54 Å². The first kappa shape index (κ1) is 15.8. The van der Waals surface area contributed by atoms with E-state index in [0.29, 0.717) is 10.7 Å². The summed E-state index contributed by atoms with van der Waals surface area (Å²) in [6.45, 7) is 3.13. The number of hydrogen-bond acceptors (Lipinski definition) is 3. The molecule has 19 heavy (non-hydrogen) atoms. The Morgan fingerprint density at radius 1 is 1.47 bits per heavy atom. The monoisotopic (exact) mass is 305 g/mol. The SMILES string of the molecule is Cc1ccc(N(CC(C)C(=O)O)S(C)(=O)=O)cc1Cl. The van der Waals surface area contributed by atoms with Crippen molar-refractivity contribution in [2.75, 3.05) is 17.1 Å². The lowest BCUT2D eigenvalue weighted by molar-refractivity contribution is -0.140. The van der Waals surface area contributed by atoms with Crippen LogP contribution in [0.25, 0.3) is 0 Å². The first-order valence-electron chi connectivity index (χ1n) is 5.59. The predicted octanol–water partition coefficient (Wildman–Crippen LogP) is 2.14. The van der Waals surface area contributed by atoms with Gasteiger partial charge in [-0.3, -0.25) is 9.10 Å². The minimum Gasteiger partial charge on any atom is -0.481 e. The van der Waals surface area contributed by atoms with Crippen molar-refractivity contribution in [2.45, 2.75) is 13.8 Å². The number of aryl methyl sites for hydroxylation is 1. The highest BCUT2D eigenvalue weighted by atomic mass is 35.5. The summed E-state index contributed by atoms with van der Waals surface area (Å²) in [7, 11) is -3.56. The van der Waals surface area contributed by atoms with E-state index in [2.05, 4.69) is 0 Å². The highest BCUT2D eigenvalue weighted by molar-refractivity contribution is 7.92. The largest absolute Gasteiger partial charge is 0.481 e. The molecule has 0 aliphatic heterocycles. The molecule has 1 rings (SSSR count). The Morgan fingerprint density at radius 3 is 2.47 bits per heavy atom. The minimum atomic E-state index is -3.56. The van der Waals surface area contributed by atoms with Crippen molar-refractivity contribution in [1.29, 1.82) is 0 Å². The molecule has 0 saturated heterocycles. The Morgan fingerprint density at radius 2 is 2.05 bits per heavy atom. The molecule has 0 amide bonds. The summed E-state index contributed by atoms with van der Waals surface area (Å²) in [5, 5.41) is 9.33. The van der Waals surface area contributed by atoms with E-state index in [1.807, 2.05) is 0 Å². The summed E-state index contributed by atoms with van der Waals surface area (Å²) in [6, 6.07) is 4.82. The van der Waals surface area contributed by atoms with Gasteiger partial charge in [0.1, 0.15) is 0 Å². The molecule has 0 radical (unpaired) electrons. The fourth-order valence-corrected chi connectivity index (χ4v) is 2.66. The number of carbonyl (C=O) groups is 1. The molecule has 1 aromatic carbocycles. The van der Waals surface area contributed by atoms with E-state index >= 15 is 0 Å². The lowest BCUT2D eigenvalue weighted by atomic mass is 10.1. The number of aliphatic carboxylic acids is 1. The van der Waals surface area contributed by atoms with E-state index < -0.39 is 21.9 Å². The summed E-state index contributed by atoms with van der Waals surface area (Å²) < 4.78 is 24.6. The molecule has 0 fully saturated rings. The van der Waals surface area contributed by atoms with Gasteiger partial charge < -0.3 is 5.11 Å². The van der Waals surface area contributed by atoms with Gasteiger partial charge in [0.05, 0.1) is 17.9 Å². The quantitative estimate of drug-likeness (QED) is 0.904. The molecule has 0 bridgehead atoms. The second kappa shape index (κ2) is 5.79. The van der Waals surface area contributed by atoms with Crippen molar-refractivity contribution in [2.24, 2.45) is 5.92 Å². The maximum atomic E-state index is 11.8. The predicted molar refractivity (Wildman–Crippen MR) is 75.2 cm³/mol. The Bertz CT molecular complexity index is 585. The Hall–Kier alpha value is -1.27. The third-order valence-electron chi connectivity index (χ3n) is 2.70. The lowest BCUT2D eigenvalue weighted by Gasteiger charge is -2.24. The molecule has 0 aromatic heterocycles. The molecule has 5 nitrogen and oxygen atoms in total. The van der Waals surface area contributed by atoms with E-state index in [1.165, 1.54) is 13.0 Å². The van der Waals surface area contributed by atoms with Crippen LogP contribution in [0.4, 0.5) is 5.69 Å². The number of carboxylic acids is 1. The average Bonchev–Trinajstić information content (AvgIpc) is 2.27. The number of carboxylic acid groups (broad SMARTS) is 1. The molecule has 1 atom stereocenters. The van der Waals surface area contributed by atoms with E-state index in [1.54, 1.807) is 19.1 Å². The molecule has 1 unspecified atom stereocenters. The van der Waals surface area contributed by atoms with E-state index in [9.17, 15) is 13.2 Å². The van der Waals surface area contributed by atoms with E-state index in [0.717, 1.165) is 16.1 Å². The normalized spacial score (nSPS) is 13.1. The van der Waals surface area contributed by atoms with Crippen molar-refractivity contribution in [3.05, 3.63) is 28.8 Å². The first-order valence-corrected chi connectivity index (χ1v) is 7.82. The summed E-state index contributed by atoms with van der Waals surface area (Å²) in [5.74, 6) is -1.86. The number of hydrogen-bond donors (Lipinski definition) is 1. The molecule has 1 aromatic rings. The lowest BCUT2D eigenvalue weighted by Crippen LogP contribution is -2.36. The van der Waals surface area contributed by atoms with Gasteiger partial charge in [0, 0.05) is 11.6 Å². The minimum absolute atomic E-state index is 0.131. The summed E-state index contributed by atoms with van der Waals surface area (Å²) >= 11 is 5.97. The second-order valence-corrected chi connectivity index (χ2v) is 6.78. The third kappa shape index (κ3) is 4.11.